The number of ether oxygens (including phenoxy) is 1. The Balaban J connectivity index is 1.60. The number of piperidine rings is 1. The molecule has 1 amide bonds. The van der Waals surface area contributed by atoms with Crippen molar-refractivity contribution < 1.29 is 72.2 Å². The van der Waals surface area contributed by atoms with E-state index in [1.54, 1.807) is 0 Å². The third kappa shape index (κ3) is 9.29. The third-order valence-electron chi connectivity index (χ3n) is 7.72. The molecule has 0 saturated carbocycles. The maximum Gasteiger partial charge on any atom is 0.416 e. The first kappa shape index (κ1) is 17.5. The number of aliphatic hydroxyl groups is 1. The van der Waals surface area contributed by atoms with Crippen molar-refractivity contribution in [2.45, 2.75) is 50.3 Å². The molecule has 0 spiro atoms. The van der Waals surface area contributed by atoms with Crippen LogP contribution in [0.3, 0.4) is 0 Å². The Morgan fingerprint density at radius 3 is 2.42 bits per heavy atom. The summed E-state index contributed by atoms with van der Waals surface area (Å²) in [5.41, 5.74) is -12.7. The Morgan fingerprint density at radius 1 is 1.04 bits per heavy atom. The fraction of sp³-hybridized carbons (Fsp3) is 0.341. The number of hydrogen-bond acceptors (Lipinski definition) is 6. The van der Waals surface area contributed by atoms with Crippen LogP contribution in [-0.2, 0) is 28.0 Å². The maximum absolute atomic E-state index is 15.7. The number of aliphatic hydroxyl groups excluding tert-OH is 1. The van der Waals surface area contributed by atoms with Crippen molar-refractivity contribution in [1.82, 2.24) is 9.80 Å². The molecule has 4 aromatic rings. The van der Waals surface area contributed by atoms with Gasteiger partial charge in [0.05, 0.1) is 47.3 Å². The largest absolute Gasteiger partial charge is 0.416 e. The van der Waals surface area contributed by atoms with Gasteiger partial charge in [0.1, 0.15) is 12.6 Å². The summed E-state index contributed by atoms with van der Waals surface area (Å²) in [6.07, 6.45) is -9.12. The molecule has 1 N–H and O–H groups in total. The fourth-order valence-electron chi connectivity index (χ4n) is 5.16. The molecule has 1 atom stereocenters. The lowest BCUT2D eigenvalue weighted by atomic mass is 9.99. The van der Waals surface area contributed by atoms with Crippen molar-refractivity contribution in [3.8, 4) is 11.1 Å². The molecule has 1 saturated heterocycles. The maximum atomic E-state index is 15.7. The van der Waals surface area contributed by atoms with Crippen molar-refractivity contribution in [2.75, 3.05) is 44.6 Å². The Kier molecular flexibility index (Phi) is 5.56. The highest BCUT2D eigenvalue weighted by atomic mass is 32.2. The van der Waals surface area contributed by atoms with E-state index < -0.39 is 247 Å². The van der Waals surface area contributed by atoms with Crippen molar-refractivity contribution >= 4 is 23.4 Å². The van der Waals surface area contributed by atoms with Gasteiger partial charge >= 0.3 is 6.18 Å². The van der Waals surface area contributed by atoms with E-state index in [2.05, 4.69) is 4.74 Å². The summed E-state index contributed by atoms with van der Waals surface area (Å²) >= 11 is -0.506. The van der Waals surface area contributed by atoms with Gasteiger partial charge in [-0.25, -0.2) is 8.78 Å². The first-order chi connectivity index (χ1) is 35.8. The molecule has 0 aromatic heterocycles. The number of fused-ring (bicyclic) bond motifs is 1. The average molecular weight is 778 g/mol. The van der Waals surface area contributed by atoms with Crippen molar-refractivity contribution in [2.24, 2.45) is 0 Å². The molecule has 2 heterocycles. The molecule has 0 aliphatic carbocycles. The summed E-state index contributed by atoms with van der Waals surface area (Å²) in [6.45, 7) is -12.5. The van der Waals surface area contributed by atoms with Crippen molar-refractivity contribution in [3.63, 3.8) is 0 Å². The zero-order valence-corrected chi connectivity index (χ0v) is 27.9. The van der Waals surface area contributed by atoms with Crippen LogP contribution in [0.4, 0.5) is 27.6 Å². The second-order valence-corrected chi connectivity index (χ2v) is 12.0. The summed E-state index contributed by atoms with van der Waals surface area (Å²) in [4.78, 5) is 16.8. The molecule has 2 aliphatic rings. The second-order valence-electron chi connectivity index (χ2n) is 11.2. The van der Waals surface area contributed by atoms with E-state index in [1.165, 1.54) is 0 Å². The van der Waals surface area contributed by atoms with Crippen LogP contribution in [-0.4, -0.2) is 66.5 Å². The van der Waals surface area contributed by atoms with Crippen LogP contribution in [0.1, 0.15) is 82.4 Å². The van der Waals surface area contributed by atoms with Crippen molar-refractivity contribution in [3.05, 3.63) is 135 Å². The lowest BCUT2D eigenvalue weighted by Gasteiger charge is -2.40. The van der Waals surface area contributed by atoms with Gasteiger partial charge in [-0.05, 0) is 66.7 Å². The molecule has 4 aromatic carbocycles. The van der Waals surface area contributed by atoms with E-state index in [-0.39, 0.29) is 10.5 Å². The molecular weight excluding hydrogens is 710 g/mol. The van der Waals surface area contributed by atoms with Gasteiger partial charge in [0.25, 0.3) is 0 Å². The minimum atomic E-state index is -5.45. The summed E-state index contributed by atoms with van der Waals surface area (Å²) in [5, 5.41) is 10.3. The lowest BCUT2D eigenvalue weighted by molar-refractivity contribution is -0.137. The number of likely N-dealkylation sites (tertiary alicyclic amines) is 1. The Morgan fingerprint density at radius 2 is 1.74 bits per heavy atom. The van der Waals surface area contributed by atoms with Gasteiger partial charge < -0.3 is 24.5 Å². The summed E-state index contributed by atoms with van der Waals surface area (Å²) in [5.74, 6) is -6.28. The average Bonchev–Trinajstić information content (AvgIpc) is 3.44. The molecular formula is C41H42F5N3O3S. The van der Waals surface area contributed by atoms with Crippen LogP contribution in [0, 0.1) is 18.6 Å². The number of halogens is 5. The Labute approximate surface area is 347 Å². The molecule has 0 radical (unpaired) electrons. The number of hydrogen-bond donors (Lipinski definition) is 1. The molecule has 6 nitrogen and oxygen atoms in total. The molecule has 2 aliphatic heterocycles. The van der Waals surface area contributed by atoms with Crippen LogP contribution >= 0.6 is 11.8 Å². The van der Waals surface area contributed by atoms with Gasteiger partial charge in [-0.3, -0.25) is 4.79 Å². The number of carbonyl (C=O) groups excluding carboxylic acids is 1. The Bertz CT molecular complexity index is 3140. The quantitative estimate of drug-likeness (QED) is 0.145. The highest BCUT2D eigenvalue weighted by molar-refractivity contribution is 8.02. The molecule has 53 heavy (non-hydrogen) atoms. The van der Waals surface area contributed by atoms with Gasteiger partial charge in [-0.2, -0.15) is 13.2 Å². The number of benzene rings is 4. The number of carbonyl (C=O) groups is 1. The molecule has 1 unspecified atom stereocenters. The second kappa shape index (κ2) is 16.8. The molecule has 280 valence electrons. The minimum absolute atomic E-state index is 0.0328. The van der Waals surface area contributed by atoms with Crippen LogP contribution < -0.4 is 4.90 Å². The van der Waals surface area contributed by atoms with E-state index in [1.807, 2.05) is 0 Å². The Hall–Kier alpha value is -4.23. The third-order valence-corrected chi connectivity index (χ3v) is 8.52. The molecule has 12 heteroatoms. The zero-order chi connectivity index (χ0) is 60.4. The van der Waals surface area contributed by atoms with E-state index in [9.17, 15) is 21.0 Å². The highest BCUT2D eigenvalue weighted by Crippen LogP contribution is 2.41. The van der Waals surface area contributed by atoms with Crippen molar-refractivity contribution in [1.29, 1.82) is 0 Å². The number of amides is 1. The van der Waals surface area contributed by atoms with E-state index in [4.69, 9.17) is 32.9 Å². The first-order valence-electron chi connectivity index (χ1n) is 28.3. The van der Waals surface area contributed by atoms with Gasteiger partial charge in [0.15, 0.2) is 11.6 Å². The fourth-order valence-corrected chi connectivity index (χ4v) is 5.90. The normalized spacial score (nSPS) is 25.3. The topological polar surface area (TPSA) is 56.3 Å². The summed E-state index contributed by atoms with van der Waals surface area (Å²) in [6, 6.07) is -21.1. The number of alkyl halides is 3. The van der Waals surface area contributed by atoms with Gasteiger partial charge in [0, 0.05) is 67.2 Å². The monoisotopic (exact) mass is 777 g/mol. The predicted octanol–water partition coefficient (Wildman–Crippen LogP) is 8.73. The number of rotatable bonds is 12. The van der Waals surface area contributed by atoms with Crippen LogP contribution in [0.2, 0.25) is 0 Å². The van der Waals surface area contributed by atoms with Gasteiger partial charge in [-0.15, -0.1) is 11.8 Å². The molecule has 1 fully saturated rings. The summed E-state index contributed by atoms with van der Waals surface area (Å²) < 4.78 is 298. The number of anilines is 1. The first-order valence-corrected chi connectivity index (χ1v) is 16.1. The van der Waals surface area contributed by atoms with E-state index in [0.717, 1.165) is 11.8 Å². The van der Waals surface area contributed by atoms with Crippen LogP contribution in [0.15, 0.2) is 95.7 Å². The lowest BCUT2D eigenvalue weighted by Crippen LogP contribution is -2.50. The van der Waals surface area contributed by atoms with E-state index in [0.29, 0.717) is 4.90 Å². The smallest absolute Gasteiger partial charge is 0.384 e. The molecule has 6 rings (SSSR count). The zero-order valence-electron chi connectivity index (χ0n) is 53.1. The number of thioether (sulfide) groups is 1. The molecule has 0 bridgehead atoms. The van der Waals surface area contributed by atoms with Crippen LogP contribution in [0.5, 0.6) is 0 Å². The van der Waals surface area contributed by atoms with Crippen LogP contribution in [0.25, 0.3) is 11.1 Å². The van der Waals surface area contributed by atoms with Gasteiger partial charge in [0.2, 0.25) is 5.91 Å². The van der Waals surface area contributed by atoms with Gasteiger partial charge in [-0.1, -0.05) is 66.0 Å². The predicted molar refractivity (Wildman–Crippen MR) is 198 cm³/mol. The summed E-state index contributed by atoms with van der Waals surface area (Å²) in [7, 11) is -3.49. The van der Waals surface area contributed by atoms with E-state index >= 15 is 13.6 Å². The standard InChI is InChI=1S/C41H42F5N3O3S/c1-27-6-15-36-34(22-27)37(50)23-39(53-26-31-4-3-5-35(42)40(31)43)49(36)25-38(51)48(33-16-18-47(19-17-33)20-21-52-2)24-28-7-9-29(10-8-28)30-11-13-32(14-12-30)41(44,45)46/h3-15,22-23,33,37,50H,16-21,24-26H2,1-2H3/i2D3,3D,4D,5D,6D,7D,8D,9D,10D,11D,12D,13D,14D,15D,20D2,21D2,22D,23D,25D2,26D2. The minimum Gasteiger partial charge on any atom is -0.384 e. The number of nitrogens with zero attached hydrogens (tertiary/aromatic N) is 3. The SMILES string of the molecule is [2H]C1=C(SC([2H])([2H])c2c([2H])c([2H])c([2H])c(F)c2F)N(C([2H])([2H])C(=O)N(Cc2c([2H])c([2H])c(-c3c([2H])c([2H])c(C(F)(F)F)c([2H])c3[2H])c([2H])c2[2H])C2CCN(C([2H])([2H])C([2H])([2H])OC([2H])([2H])[2H])CC2)c2c([2H])c([2H])c(C)c([2H])c2C1O. The highest BCUT2D eigenvalue weighted by Gasteiger charge is 2.33. The number of methoxy groups -OCH3 is 1.